The van der Waals surface area contributed by atoms with Gasteiger partial charge < -0.3 is 36.4 Å². The average molecular weight is 524 g/mol. The Balaban J connectivity index is 1.42. The normalized spacial score (nSPS) is 30.5. The molecule has 1 spiro atoms. The highest BCUT2D eigenvalue weighted by molar-refractivity contribution is 6.02. The van der Waals surface area contributed by atoms with Crippen molar-refractivity contribution in [3.63, 3.8) is 0 Å². The number of alkyl halides is 3. The molecule has 0 aromatic heterocycles. The summed E-state index contributed by atoms with van der Waals surface area (Å²) in [6, 6.07) is -0.0739. The van der Waals surface area contributed by atoms with E-state index in [1.807, 2.05) is 0 Å². The number of aliphatic hydroxyl groups is 2. The minimum atomic E-state index is -4.59. The Bertz CT molecular complexity index is 1190. The number of benzene rings is 1. The van der Waals surface area contributed by atoms with Crippen LogP contribution in [0.25, 0.3) is 0 Å². The molecule has 0 aliphatic carbocycles. The van der Waals surface area contributed by atoms with Crippen molar-refractivity contribution in [1.82, 2.24) is 31.1 Å². The number of amides is 3. The lowest BCUT2D eigenvalue weighted by atomic mass is 9.84. The Labute approximate surface area is 207 Å². The number of hydrogen-bond donors (Lipinski definition) is 8. The minimum absolute atomic E-state index is 0.0361. The van der Waals surface area contributed by atoms with Gasteiger partial charge in [-0.1, -0.05) is 0 Å². The topological polar surface area (TPSA) is 194 Å². The molecule has 16 heteroatoms. The molecule has 13 nitrogen and oxygen atoms in total. The van der Waals surface area contributed by atoms with E-state index in [4.69, 9.17) is 10.8 Å². The van der Waals surface area contributed by atoms with Crippen molar-refractivity contribution >= 4 is 29.6 Å². The van der Waals surface area contributed by atoms with Gasteiger partial charge in [0, 0.05) is 24.9 Å². The summed E-state index contributed by atoms with van der Waals surface area (Å²) in [5.41, 5.74) is -3.08. The molecule has 0 radical (unpaired) electrons. The maximum Gasteiger partial charge on any atom is 0.416 e. The van der Waals surface area contributed by atoms with Gasteiger partial charge in [0.1, 0.15) is 6.04 Å². The van der Waals surface area contributed by atoms with Crippen LogP contribution in [0.4, 0.5) is 13.2 Å². The number of rotatable bonds is 4. The number of nitrogens with zero attached hydrogens (tertiary/aromatic N) is 2. The maximum absolute atomic E-state index is 12.8. The van der Waals surface area contributed by atoms with Gasteiger partial charge in [0.25, 0.3) is 5.91 Å². The monoisotopic (exact) mass is 524 g/mol. The average Bonchev–Trinajstić information content (AvgIpc) is 3.41. The summed E-state index contributed by atoms with van der Waals surface area (Å²) in [4.78, 5) is 39.3. The molecule has 0 bridgehead atoms. The second-order valence-electron chi connectivity index (χ2n) is 9.32. The zero-order chi connectivity index (χ0) is 26.9. The molecule has 3 unspecified atom stereocenters. The Kier molecular flexibility index (Phi) is 5.38. The minimum Gasteiger partial charge on any atom is -0.361 e. The molecular weight excluding hydrogens is 501 g/mol. The van der Waals surface area contributed by atoms with E-state index in [0.717, 1.165) is 29.2 Å². The van der Waals surface area contributed by atoms with E-state index in [1.54, 1.807) is 0 Å². The van der Waals surface area contributed by atoms with E-state index < -0.39 is 59.0 Å². The van der Waals surface area contributed by atoms with Crippen LogP contribution in [0.3, 0.4) is 0 Å². The van der Waals surface area contributed by atoms with Crippen LogP contribution in [0.2, 0.25) is 0 Å². The van der Waals surface area contributed by atoms with Crippen LogP contribution in [0.15, 0.2) is 24.3 Å². The van der Waals surface area contributed by atoms with Crippen LogP contribution in [0.1, 0.15) is 28.8 Å². The number of guanidine groups is 2. The van der Waals surface area contributed by atoms with Crippen molar-refractivity contribution in [2.45, 2.75) is 48.6 Å². The van der Waals surface area contributed by atoms with Crippen molar-refractivity contribution < 1.29 is 37.8 Å². The molecule has 4 heterocycles. The molecule has 0 saturated carbocycles. The van der Waals surface area contributed by atoms with Gasteiger partial charge in [0.05, 0.1) is 24.2 Å². The van der Waals surface area contributed by atoms with E-state index >= 15 is 0 Å². The first-order valence-electron chi connectivity index (χ1n) is 11.3. The van der Waals surface area contributed by atoms with Crippen molar-refractivity contribution in [2.75, 3.05) is 13.1 Å². The lowest BCUT2D eigenvalue weighted by Gasteiger charge is -2.51. The summed E-state index contributed by atoms with van der Waals surface area (Å²) in [7, 11) is 0. The molecule has 198 valence electrons. The number of halogens is 3. The van der Waals surface area contributed by atoms with Crippen LogP contribution in [-0.4, -0.2) is 92.3 Å². The van der Waals surface area contributed by atoms with E-state index in [2.05, 4.69) is 21.3 Å². The highest BCUT2D eigenvalue weighted by atomic mass is 19.4. The summed E-state index contributed by atoms with van der Waals surface area (Å²) in [5.74, 6) is -5.17. The lowest BCUT2D eigenvalue weighted by Crippen LogP contribution is -2.81. The van der Waals surface area contributed by atoms with Gasteiger partial charge in [-0.25, -0.2) is 0 Å². The van der Waals surface area contributed by atoms with Gasteiger partial charge in [0.2, 0.25) is 17.6 Å². The van der Waals surface area contributed by atoms with Crippen LogP contribution >= 0.6 is 0 Å². The van der Waals surface area contributed by atoms with Crippen molar-refractivity contribution in [2.24, 2.45) is 0 Å². The lowest BCUT2D eigenvalue weighted by molar-refractivity contribution is -0.232. The van der Waals surface area contributed by atoms with E-state index in [-0.39, 0.29) is 43.4 Å². The second kappa shape index (κ2) is 8.04. The summed E-state index contributed by atoms with van der Waals surface area (Å²) in [6.45, 7) is -0.529. The summed E-state index contributed by atoms with van der Waals surface area (Å²) in [6.07, 6.45) is -4.52. The van der Waals surface area contributed by atoms with Crippen molar-refractivity contribution in [1.29, 1.82) is 10.8 Å². The number of imide groups is 1. The van der Waals surface area contributed by atoms with Gasteiger partial charge in [-0.3, -0.25) is 30.1 Å². The number of carbonyl (C=O) groups is 3. The summed E-state index contributed by atoms with van der Waals surface area (Å²) < 4.78 is 38.5. The maximum atomic E-state index is 12.8. The smallest absolute Gasteiger partial charge is 0.361 e. The van der Waals surface area contributed by atoms with Crippen LogP contribution < -0.4 is 21.3 Å². The molecule has 1 aromatic carbocycles. The first-order valence-corrected chi connectivity index (χ1v) is 11.3. The fraction of sp³-hybridized carbons (Fsp3) is 0.476. The van der Waals surface area contributed by atoms with Gasteiger partial charge in [0.15, 0.2) is 17.6 Å². The summed E-state index contributed by atoms with van der Waals surface area (Å²) in [5, 5.41) is 49.9. The molecule has 4 aliphatic heterocycles. The first kappa shape index (κ1) is 24.8. The molecule has 3 amide bonds. The van der Waals surface area contributed by atoms with Gasteiger partial charge in [-0.2, -0.15) is 13.2 Å². The number of likely N-dealkylation sites (tertiary alicyclic amines) is 1. The van der Waals surface area contributed by atoms with Gasteiger partial charge in [-0.05, 0) is 24.3 Å². The molecule has 1 aromatic rings. The number of nitrogens with one attached hydrogen (secondary N) is 6. The second-order valence-corrected chi connectivity index (χ2v) is 9.32. The Hall–Kier alpha value is -3.92. The largest absolute Gasteiger partial charge is 0.416 e. The molecule has 4 saturated heterocycles. The van der Waals surface area contributed by atoms with Crippen LogP contribution in [0.5, 0.6) is 0 Å². The van der Waals surface area contributed by atoms with Crippen LogP contribution in [0, 0.1) is 10.8 Å². The van der Waals surface area contributed by atoms with E-state index in [0.29, 0.717) is 0 Å². The number of carbonyl (C=O) groups excluding carboxylic acids is 3. The first-order chi connectivity index (χ1) is 17.3. The molecular formula is C21H23F3N8O5. The Morgan fingerprint density at radius 3 is 2.32 bits per heavy atom. The molecule has 37 heavy (non-hydrogen) atoms. The van der Waals surface area contributed by atoms with Gasteiger partial charge >= 0.3 is 6.18 Å². The molecule has 5 rings (SSSR count). The fourth-order valence-corrected chi connectivity index (χ4v) is 5.41. The molecule has 4 atom stereocenters. The molecule has 4 aliphatic rings. The molecule has 8 N–H and O–H groups in total. The summed E-state index contributed by atoms with van der Waals surface area (Å²) >= 11 is 0. The standard InChI is InChI=1S/C21H23F3N8O5/c22-21(23,24)10-3-1-9(2-4-10)16(35)28-12-8-32-18(26)27-11(7-31-13(33)5-6-14(31)34)15-19(32,20(12,36)37)30-17(25)29-15/h1-4,11-12,15,36-37H,5-8H2,(H2,26,27)(H,28,35)(H3,25,29,30)/t11?,12?,15?,19-/m0/s1. The SMILES string of the molecule is N=C1NC2C(CN3C(=O)CCC3=O)NC(=N)N3CC(NC(=O)c4ccc(C(F)(F)F)cc4)C(O)(O)[C@]23N1. The zero-order valence-electron chi connectivity index (χ0n) is 19.0. The number of hydrogen-bond acceptors (Lipinski definition) is 7. The Morgan fingerprint density at radius 2 is 1.73 bits per heavy atom. The fourth-order valence-electron chi connectivity index (χ4n) is 5.41. The van der Waals surface area contributed by atoms with E-state index in [1.165, 1.54) is 4.90 Å². The highest BCUT2D eigenvalue weighted by Crippen LogP contribution is 2.43. The third kappa shape index (κ3) is 3.66. The quantitative estimate of drug-likeness (QED) is 0.163. The Morgan fingerprint density at radius 1 is 1.11 bits per heavy atom. The van der Waals surface area contributed by atoms with Crippen LogP contribution in [-0.2, 0) is 15.8 Å². The zero-order valence-corrected chi connectivity index (χ0v) is 19.0. The molecule has 4 fully saturated rings. The predicted molar refractivity (Wildman–Crippen MR) is 118 cm³/mol. The van der Waals surface area contributed by atoms with E-state index in [9.17, 15) is 37.8 Å². The predicted octanol–water partition coefficient (Wildman–Crippen LogP) is -1.95. The van der Waals surface area contributed by atoms with Gasteiger partial charge in [-0.15, -0.1) is 0 Å². The third-order valence-corrected chi connectivity index (χ3v) is 7.21. The van der Waals surface area contributed by atoms with Crippen molar-refractivity contribution in [3.8, 4) is 0 Å². The van der Waals surface area contributed by atoms with Crippen molar-refractivity contribution in [3.05, 3.63) is 35.4 Å². The third-order valence-electron chi connectivity index (χ3n) is 7.21. The highest BCUT2D eigenvalue weighted by Gasteiger charge is 2.74.